The van der Waals surface area contributed by atoms with Crippen molar-refractivity contribution in [2.24, 2.45) is 0 Å². The largest absolute Gasteiger partial charge is 0.248 e. The van der Waals surface area contributed by atoms with Gasteiger partial charge in [-0.05, 0) is 26.2 Å². The van der Waals surface area contributed by atoms with Gasteiger partial charge in [0.25, 0.3) is 0 Å². The third kappa shape index (κ3) is 2.16. The Hall–Kier alpha value is -0.950. The smallest absolute Gasteiger partial charge is 0.213 e. The van der Waals surface area contributed by atoms with Gasteiger partial charge in [-0.25, -0.2) is 13.1 Å². The van der Waals surface area contributed by atoms with Gasteiger partial charge in [-0.1, -0.05) is 5.21 Å². The molecule has 18 heavy (non-hydrogen) atoms. The first-order valence-corrected chi connectivity index (χ1v) is 8.10. The molecule has 2 aliphatic rings. The normalized spacial score (nSPS) is 25.7. The summed E-state index contributed by atoms with van der Waals surface area (Å²) in [5.41, 5.74) is 1.06. The number of hydrogen-bond acceptors (Lipinski definition) is 4. The standard InChI is InChI=1S/C11H18N4O2S/c1-2-18(16,17)14-6-5-10(7-14)15-8-11(12-13-15)9-3-4-9/h8-10H,2-7H2,1H3. The summed E-state index contributed by atoms with van der Waals surface area (Å²) >= 11 is 0. The predicted molar refractivity (Wildman–Crippen MR) is 66.7 cm³/mol. The first-order chi connectivity index (χ1) is 8.60. The fraction of sp³-hybridized carbons (Fsp3) is 0.818. The maximum absolute atomic E-state index is 11.8. The van der Waals surface area contributed by atoms with E-state index in [1.165, 1.54) is 12.8 Å². The molecule has 0 radical (unpaired) electrons. The molecule has 0 spiro atoms. The third-order valence-electron chi connectivity index (χ3n) is 3.78. The van der Waals surface area contributed by atoms with E-state index in [-0.39, 0.29) is 11.8 Å². The van der Waals surface area contributed by atoms with Crippen LogP contribution in [-0.4, -0.2) is 46.6 Å². The molecule has 1 saturated heterocycles. The highest BCUT2D eigenvalue weighted by molar-refractivity contribution is 7.89. The van der Waals surface area contributed by atoms with Crippen LogP contribution < -0.4 is 0 Å². The molecule has 6 nitrogen and oxygen atoms in total. The summed E-state index contributed by atoms with van der Waals surface area (Å²) < 4.78 is 27.0. The maximum Gasteiger partial charge on any atom is 0.213 e. The summed E-state index contributed by atoms with van der Waals surface area (Å²) in [6, 6.07) is 0.145. The number of sulfonamides is 1. The van der Waals surface area contributed by atoms with Crippen LogP contribution in [0.2, 0.25) is 0 Å². The lowest BCUT2D eigenvalue weighted by Crippen LogP contribution is -2.30. The quantitative estimate of drug-likeness (QED) is 0.809. The molecule has 3 rings (SSSR count). The van der Waals surface area contributed by atoms with Crippen LogP contribution in [0.1, 0.15) is 43.8 Å². The zero-order valence-corrected chi connectivity index (χ0v) is 11.3. The fourth-order valence-corrected chi connectivity index (χ4v) is 3.54. The highest BCUT2D eigenvalue weighted by Gasteiger charge is 2.33. The Balaban J connectivity index is 1.71. The van der Waals surface area contributed by atoms with Crippen LogP contribution in [0.25, 0.3) is 0 Å². The first kappa shape index (κ1) is 12.1. The average Bonchev–Trinajstić information content (AvgIpc) is 2.92. The van der Waals surface area contributed by atoms with E-state index in [1.807, 2.05) is 10.9 Å². The Morgan fingerprint density at radius 3 is 2.83 bits per heavy atom. The Bertz CT molecular complexity index is 535. The van der Waals surface area contributed by atoms with Gasteiger partial charge in [0.15, 0.2) is 0 Å². The van der Waals surface area contributed by atoms with E-state index in [0.717, 1.165) is 12.1 Å². The molecule has 1 aromatic rings. The monoisotopic (exact) mass is 270 g/mol. The topological polar surface area (TPSA) is 68.1 Å². The molecular weight excluding hydrogens is 252 g/mol. The molecule has 1 saturated carbocycles. The van der Waals surface area contributed by atoms with Crippen molar-refractivity contribution in [3.63, 3.8) is 0 Å². The van der Waals surface area contributed by atoms with Crippen LogP contribution in [0.5, 0.6) is 0 Å². The van der Waals surface area contributed by atoms with Gasteiger partial charge in [-0.15, -0.1) is 5.10 Å². The number of rotatable bonds is 4. The van der Waals surface area contributed by atoms with Gasteiger partial charge in [0.05, 0.1) is 17.5 Å². The zero-order valence-electron chi connectivity index (χ0n) is 10.5. The van der Waals surface area contributed by atoms with Crippen molar-refractivity contribution in [1.29, 1.82) is 0 Å². The second kappa shape index (κ2) is 4.31. The van der Waals surface area contributed by atoms with Gasteiger partial charge in [0.1, 0.15) is 0 Å². The van der Waals surface area contributed by atoms with Crippen molar-refractivity contribution >= 4 is 10.0 Å². The molecule has 0 bridgehead atoms. The number of nitrogens with zero attached hydrogens (tertiary/aromatic N) is 4. The second-order valence-electron chi connectivity index (χ2n) is 5.10. The summed E-state index contributed by atoms with van der Waals surface area (Å²) in [6.45, 7) is 2.81. The predicted octanol–water partition coefficient (Wildman–Crippen LogP) is 0.752. The van der Waals surface area contributed by atoms with E-state index in [2.05, 4.69) is 10.3 Å². The molecule has 100 valence electrons. The van der Waals surface area contributed by atoms with E-state index in [4.69, 9.17) is 0 Å². The molecule has 2 heterocycles. The molecule has 1 unspecified atom stereocenters. The van der Waals surface area contributed by atoms with Gasteiger partial charge < -0.3 is 0 Å². The second-order valence-corrected chi connectivity index (χ2v) is 7.36. The Kier molecular flexibility index (Phi) is 2.90. The number of aromatic nitrogens is 3. The summed E-state index contributed by atoms with van der Waals surface area (Å²) in [6.07, 6.45) is 5.23. The molecule has 1 aliphatic heterocycles. The van der Waals surface area contributed by atoms with Crippen molar-refractivity contribution in [2.75, 3.05) is 18.8 Å². The van der Waals surface area contributed by atoms with Crippen LogP contribution in [0, 0.1) is 0 Å². The lowest BCUT2D eigenvalue weighted by Gasteiger charge is -2.14. The van der Waals surface area contributed by atoms with Crippen LogP contribution in [-0.2, 0) is 10.0 Å². The van der Waals surface area contributed by atoms with Crippen molar-refractivity contribution in [3.8, 4) is 0 Å². The molecule has 2 fully saturated rings. The van der Waals surface area contributed by atoms with E-state index in [1.54, 1.807) is 11.2 Å². The third-order valence-corrected chi connectivity index (χ3v) is 5.63. The SMILES string of the molecule is CCS(=O)(=O)N1CCC(n2cc(C3CC3)nn2)C1. The summed E-state index contributed by atoms with van der Waals surface area (Å²) in [5.74, 6) is 0.764. The van der Waals surface area contributed by atoms with Crippen molar-refractivity contribution in [2.45, 2.75) is 38.1 Å². The Labute approximate surface area is 107 Å². The highest BCUT2D eigenvalue weighted by atomic mass is 32.2. The van der Waals surface area contributed by atoms with Crippen LogP contribution in [0.4, 0.5) is 0 Å². The molecule has 0 aromatic carbocycles. The molecule has 0 N–H and O–H groups in total. The Morgan fingerprint density at radius 1 is 1.39 bits per heavy atom. The maximum atomic E-state index is 11.8. The fourth-order valence-electron chi connectivity index (χ4n) is 2.40. The minimum atomic E-state index is -3.06. The first-order valence-electron chi connectivity index (χ1n) is 6.49. The molecular formula is C11H18N4O2S. The van der Waals surface area contributed by atoms with Crippen LogP contribution in [0.3, 0.4) is 0 Å². The van der Waals surface area contributed by atoms with Crippen LogP contribution >= 0.6 is 0 Å². The molecule has 7 heteroatoms. The Morgan fingerprint density at radius 2 is 2.17 bits per heavy atom. The van der Waals surface area contributed by atoms with Gasteiger partial charge in [-0.2, -0.15) is 4.31 Å². The van der Waals surface area contributed by atoms with Gasteiger partial charge in [-0.3, -0.25) is 0 Å². The van der Waals surface area contributed by atoms with Gasteiger partial charge >= 0.3 is 0 Å². The van der Waals surface area contributed by atoms with Gasteiger partial charge in [0, 0.05) is 25.2 Å². The van der Waals surface area contributed by atoms with E-state index in [9.17, 15) is 8.42 Å². The van der Waals surface area contributed by atoms with E-state index >= 15 is 0 Å². The molecule has 1 atom stereocenters. The minimum absolute atomic E-state index is 0.145. The summed E-state index contributed by atoms with van der Waals surface area (Å²) in [4.78, 5) is 0. The lowest BCUT2D eigenvalue weighted by atomic mass is 10.2. The molecule has 1 aliphatic carbocycles. The highest BCUT2D eigenvalue weighted by Crippen LogP contribution is 2.39. The van der Waals surface area contributed by atoms with E-state index < -0.39 is 10.0 Å². The van der Waals surface area contributed by atoms with Crippen molar-refractivity contribution in [3.05, 3.63) is 11.9 Å². The van der Waals surface area contributed by atoms with Crippen molar-refractivity contribution in [1.82, 2.24) is 19.3 Å². The average molecular weight is 270 g/mol. The minimum Gasteiger partial charge on any atom is -0.248 e. The number of hydrogen-bond donors (Lipinski definition) is 0. The molecule has 1 aromatic heterocycles. The van der Waals surface area contributed by atoms with Crippen LogP contribution in [0.15, 0.2) is 6.20 Å². The summed E-state index contributed by atoms with van der Waals surface area (Å²) in [7, 11) is -3.06. The van der Waals surface area contributed by atoms with Gasteiger partial charge in [0.2, 0.25) is 10.0 Å². The molecule has 0 amide bonds. The van der Waals surface area contributed by atoms with Crippen molar-refractivity contribution < 1.29 is 8.42 Å². The van der Waals surface area contributed by atoms with E-state index in [0.29, 0.717) is 19.0 Å². The zero-order chi connectivity index (χ0) is 12.8. The summed E-state index contributed by atoms with van der Waals surface area (Å²) in [5, 5.41) is 8.32. The lowest BCUT2D eigenvalue weighted by molar-refractivity contribution is 0.429.